The highest BCUT2D eigenvalue weighted by molar-refractivity contribution is 7.99. The number of carboxylic acids is 1. The number of hydrogen-bond acceptors (Lipinski definition) is 7. The summed E-state index contributed by atoms with van der Waals surface area (Å²) in [5.41, 5.74) is -0.0900. The van der Waals surface area contributed by atoms with Crippen LogP contribution in [0.15, 0.2) is 22.6 Å². The second-order valence-corrected chi connectivity index (χ2v) is 4.71. The number of aromatic carboxylic acids is 1. The van der Waals surface area contributed by atoms with E-state index in [1.165, 1.54) is 12.4 Å². The average molecular weight is 264 g/mol. The van der Waals surface area contributed by atoms with Gasteiger partial charge in [-0.25, -0.2) is 19.4 Å². The highest BCUT2D eigenvalue weighted by atomic mass is 32.2. The minimum Gasteiger partial charge on any atom is -0.476 e. The molecule has 0 saturated heterocycles. The molecule has 0 aliphatic heterocycles. The first kappa shape index (κ1) is 11.1. The van der Waals surface area contributed by atoms with E-state index in [-0.39, 0.29) is 5.69 Å². The fraction of sp³-hybridized carbons (Fsp3) is 0.333. The van der Waals surface area contributed by atoms with E-state index in [0.29, 0.717) is 16.2 Å². The van der Waals surface area contributed by atoms with Gasteiger partial charge in [-0.15, -0.1) is 5.10 Å². The first-order valence-corrected chi connectivity index (χ1v) is 6.07. The van der Waals surface area contributed by atoms with Crippen LogP contribution in [0.2, 0.25) is 0 Å². The molecule has 2 heterocycles. The molecule has 0 radical (unpaired) electrons. The normalized spacial score (nSPS) is 14.7. The van der Waals surface area contributed by atoms with Gasteiger partial charge in [0.2, 0.25) is 5.16 Å². The van der Waals surface area contributed by atoms with E-state index in [1.807, 2.05) is 0 Å². The van der Waals surface area contributed by atoms with E-state index >= 15 is 0 Å². The molecule has 2 aromatic heterocycles. The molecule has 0 atom stereocenters. The molecule has 9 heteroatoms. The minimum atomic E-state index is -1.11. The lowest BCUT2D eigenvalue weighted by Crippen LogP contribution is -2.05. The highest BCUT2D eigenvalue weighted by Gasteiger charge is 2.29. The Hall–Kier alpha value is -2.03. The number of carboxylic acid groups (broad SMARTS) is 1. The summed E-state index contributed by atoms with van der Waals surface area (Å²) in [7, 11) is 0. The van der Waals surface area contributed by atoms with Crippen molar-refractivity contribution in [2.75, 3.05) is 0 Å². The van der Waals surface area contributed by atoms with Crippen molar-refractivity contribution in [3.05, 3.63) is 18.1 Å². The second kappa shape index (κ2) is 4.33. The van der Waals surface area contributed by atoms with Gasteiger partial charge in [-0.05, 0) is 35.0 Å². The van der Waals surface area contributed by atoms with Crippen LogP contribution in [0.4, 0.5) is 0 Å². The topological polar surface area (TPSA) is 107 Å². The van der Waals surface area contributed by atoms with Gasteiger partial charge in [-0.1, -0.05) is 0 Å². The number of rotatable bonds is 4. The average Bonchev–Trinajstić information content (AvgIpc) is 3.11. The summed E-state index contributed by atoms with van der Waals surface area (Å²) in [6.07, 6.45) is 4.88. The SMILES string of the molecule is O=C(O)c1nccnc1Sc1nnnn1C1CC1. The molecule has 0 spiro atoms. The molecule has 18 heavy (non-hydrogen) atoms. The Morgan fingerprint density at radius 2 is 2.17 bits per heavy atom. The maximum atomic E-state index is 11.0. The molecule has 1 aliphatic carbocycles. The Kier molecular flexibility index (Phi) is 2.67. The highest BCUT2D eigenvalue weighted by Crippen LogP contribution is 2.37. The molecular weight excluding hydrogens is 256 g/mol. The first-order valence-electron chi connectivity index (χ1n) is 5.25. The number of carbonyl (C=O) groups is 1. The van der Waals surface area contributed by atoms with Crippen molar-refractivity contribution in [2.45, 2.75) is 29.1 Å². The first-order chi connectivity index (χ1) is 8.75. The smallest absolute Gasteiger partial charge is 0.357 e. The molecule has 0 unspecified atom stereocenters. The van der Waals surface area contributed by atoms with Crippen LogP contribution >= 0.6 is 11.8 Å². The van der Waals surface area contributed by atoms with Gasteiger partial charge in [0.15, 0.2) is 5.69 Å². The zero-order valence-corrected chi connectivity index (χ0v) is 9.91. The number of nitrogens with zero attached hydrogens (tertiary/aromatic N) is 6. The molecule has 1 N–H and O–H groups in total. The van der Waals surface area contributed by atoms with E-state index in [4.69, 9.17) is 5.11 Å². The molecule has 1 fully saturated rings. The second-order valence-electron chi connectivity index (χ2n) is 3.75. The van der Waals surface area contributed by atoms with Crippen molar-refractivity contribution >= 4 is 17.7 Å². The lowest BCUT2D eigenvalue weighted by Gasteiger charge is -2.03. The molecule has 0 bridgehead atoms. The largest absolute Gasteiger partial charge is 0.476 e. The lowest BCUT2D eigenvalue weighted by molar-refractivity contribution is 0.0685. The van der Waals surface area contributed by atoms with Crippen molar-refractivity contribution in [1.82, 2.24) is 30.2 Å². The van der Waals surface area contributed by atoms with Crippen LogP contribution in [0.25, 0.3) is 0 Å². The van der Waals surface area contributed by atoms with Gasteiger partial charge >= 0.3 is 5.97 Å². The third-order valence-electron chi connectivity index (χ3n) is 2.41. The maximum Gasteiger partial charge on any atom is 0.357 e. The Morgan fingerprint density at radius 1 is 1.39 bits per heavy atom. The van der Waals surface area contributed by atoms with Crippen molar-refractivity contribution in [3.63, 3.8) is 0 Å². The molecule has 0 aromatic carbocycles. The zero-order valence-electron chi connectivity index (χ0n) is 9.09. The molecular formula is C9H8N6O2S. The van der Waals surface area contributed by atoms with E-state index in [9.17, 15) is 4.79 Å². The van der Waals surface area contributed by atoms with Crippen LogP contribution in [-0.2, 0) is 0 Å². The van der Waals surface area contributed by atoms with Crippen LogP contribution < -0.4 is 0 Å². The van der Waals surface area contributed by atoms with Crippen molar-refractivity contribution in [2.24, 2.45) is 0 Å². The molecule has 0 amide bonds. The Balaban J connectivity index is 1.92. The van der Waals surface area contributed by atoms with Crippen LogP contribution in [0.1, 0.15) is 29.4 Å². The van der Waals surface area contributed by atoms with E-state index < -0.39 is 5.97 Å². The van der Waals surface area contributed by atoms with Crippen LogP contribution in [0.3, 0.4) is 0 Å². The predicted octanol–water partition coefficient (Wildman–Crippen LogP) is 0.647. The summed E-state index contributed by atoms with van der Waals surface area (Å²) < 4.78 is 1.70. The fourth-order valence-corrected chi connectivity index (χ4v) is 2.31. The van der Waals surface area contributed by atoms with Gasteiger partial charge in [0.1, 0.15) is 5.03 Å². The standard InChI is InChI=1S/C9H8N6O2S/c16-8(17)6-7(11-4-3-10-6)18-9-12-13-14-15(9)5-1-2-5/h3-5H,1-2H2,(H,16,17). The van der Waals surface area contributed by atoms with Crippen molar-refractivity contribution < 1.29 is 9.90 Å². The Labute approximate surface area is 105 Å². The van der Waals surface area contributed by atoms with Gasteiger partial charge in [-0.2, -0.15) is 0 Å². The monoisotopic (exact) mass is 264 g/mol. The van der Waals surface area contributed by atoms with E-state index in [0.717, 1.165) is 24.6 Å². The van der Waals surface area contributed by atoms with Crippen molar-refractivity contribution in [3.8, 4) is 0 Å². The third kappa shape index (κ3) is 2.04. The molecule has 3 rings (SSSR count). The Morgan fingerprint density at radius 3 is 2.89 bits per heavy atom. The summed E-state index contributed by atoms with van der Waals surface area (Å²) in [6, 6.07) is 0.326. The summed E-state index contributed by atoms with van der Waals surface area (Å²) in [4.78, 5) is 18.8. The number of tetrazole rings is 1. The predicted molar refractivity (Wildman–Crippen MR) is 59.2 cm³/mol. The summed E-state index contributed by atoms with van der Waals surface area (Å²) >= 11 is 1.12. The third-order valence-corrected chi connectivity index (χ3v) is 3.35. The van der Waals surface area contributed by atoms with Crippen molar-refractivity contribution in [1.29, 1.82) is 0 Å². The molecule has 2 aromatic rings. The quantitative estimate of drug-likeness (QED) is 0.857. The number of hydrogen-bond donors (Lipinski definition) is 1. The van der Waals surface area contributed by atoms with Gasteiger partial charge in [0, 0.05) is 12.4 Å². The van der Waals surface area contributed by atoms with E-state index in [1.54, 1.807) is 4.68 Å². The fourth-order valence-electron chi connectivity index (χ4n) is 1.43. The molecule has 8 nitrogen and oxygen atoms in total. The Bertz CT molecular complexity index is 596. The summed E-state index contributed by atoms with van der Waals surface area (Å²) in [5.74, 6) is -1.11. The van der Waals surface area contributed by atoms with Gasteiger partial charge in [0.05, 0.1) is 6.04 Å². The van der Waals surface area contributed by atoms with Gasteiger partial charge < -0.3 is 5.11 Å². The van der Waals surface area contributed by atoms with Crippen LogP contribution in [0.5, 0.6) is 0 Å². The summed E-state index contributed by atoms with van der Waals surface area (Å²) in [6.45, 7) is 0. The zero-order chi connectivity index (χ0) is 12.5. The lowest BCUT2D eigenvalue weighted by atomic mass is 10.5. The summed E-state index contributed by atoms with van der Waals surface area (Å²) in [5, 5.41) is 21.2. The van der Waals surface area contributed by atoms with Gasteiger partial charge in [0.25, 0.3) is 0 Å². The van der Waals surface area contributed by atoms with Crippen LogP contribution in [-0.4, -0.2) is 41.3 Å². The number of aromatic nitrogens is 6. The minimum absolute atomic E-state index is 0.0900. The van der Waals surface area contributed by atoms with E-state index in [2.05, 4.69) is 25.5 Å². The molecule has 92 valence electrons. The molecule has 1 aliphatic rings. The van der Waals surface area contributed by atoms with Gasteiger partial charge in [-0.3, -0.25) is 0 Å². The molecule has 1 saturated carbocycles. The maximum absolute atomic E-state index is 11.0. The van der Waals surface area contributed by atoms with Crippen LogP contribution in [0, 0.1) is 0 Å².